The molecule has 9 nitrogen and oxygen atoms in total. The average molecular weight is 553 g/mol. The fraction of sp³-hybridized carbons (Fsp3) is 0.333. The summed E-state index contributed by atoms with van der Waals surface area (Å²) >= 11 is 8.03. The van der Waals surface area contributed by atoms with E-state index in [1.807, 2.05) is 59.6 Å². The molecule has 1 fully saturated rings. The van der Waals surface area contributed by atoms with E-state index in [0.29, 0.717) is 42.1 Å². The molecular weight excluding hydrogens is 524 g/mol. The highest BCUT2D eigenvalue weighted by Crippen LogP contribution is 2.34. The largest absolute Gasteiger partial charge is 0.491 e. The lowest BCUT2D eigenvalue weighted by Gasteiger charge is -2.26. The van der Waals surface area contributed by atoms with Crippen LogP contribution in [0.1, 0.15) is 18.5 Å². The molecule has 38 heavy (non-hydrogen) atoms. The number of nitrogens with zero attached hydrogens (tertiary/aromatic N) is 5. The second-order valence-corrected chi connectivity index (χ2v) is 10.5. The molecule has 0 radical (unpaired) electrons. The number of likely N-dealkylation sites (tertiary alicyclic amines) is 1. The Morgan fingerprint density at radius 2 is 2.08 bits per heavy atom. The maximum absolute atomic E-state index is 12.7. The van der Waals surface area contributed by atoms with Crippen LogP contribution in [0.25, 0.3) is 10.9 Å². The second kappa shape index (κ2) is 11.9. The monoisotopic (exact) mass is 552 g/mol. The number of amides is 1. The smallest absolute Gasteiger partial charge is 0.237 e. The number of fused-ring (bicyclic) bond motifs is 1. The van der Waals surface area contributed by atoms with E-state index in [2.05, 4.69) is 20.3 Å². The van der Waals surface area contributed by atoms with Gasteiger partial charge in [0.1, 0.15) is 36.9 Å². The number of carbonyl (C=O) groups is 1. The molecule has 0 aliphatic carbocycles. The van der Waals surface area contributed by atoms with Crippen LogP contribution in [0.5, 0.6) is 11.5 Å². The van der Waals surface area contributed by atoms with Crippen molar-refractivity contribution in [3.63, 3.8) is 0 Å². The third-order valence-electron chi connectivity index (χ3n) is 6.26. The minimum atomic E-state index is 0.0365. The van der Waals surface area contributed by atoms with Gasteiger partial charge in [0, 0.05) is 17.6 Å². The lowest BCUT2D eigenvalue weighted by atomic mass is 10.2. The summed E-state index contributed by atoms with van der Waals surface area (Å²) in [5, 5.41) is 6.53. The number of benzene rings is 2. The Hall–Kier alpha value is -3.47. The molecule has 0 unspecified atom stereocenters. The number of hydrogen-bond acceptors (Lipinski definition) is 9. The van der Waals surface area contributed by atoms with E-state index in [4.69, 9.17) is 21.1 Å². The van der Waals surface area contributed by atoms with E-state index >= 15 is 0 Å². The van der Waals surface area contributed by atoms with E-state index in [1.54, 1.807) is 11.6 Å². The number of nitrogens with one attached hydrogen (secondary N) is 1. The number of halogens is 1. The van der Waals surface area contributed by atoms with Gasteiger partial charge in [-0.15, -0.1) is 11.3 Å². The van der Waals surface area contributed by atoms with Crippen molar-refractivity contribution < 1.29 is 14.3 Å². The van der Waals surface area contributed by atoms with Crippen molar-refractivity contribution >= 4 is 51.3 Å². The minimum Gasteiger partial charge on any atom is -0.491 e. The van der Waals surface area contributed by atoms with Gasteiger partial charge in [0.15, 0.2) is 0 Å². The molecule has 0 saturated carbocycles. The zero-order chi connectivity index (χ0) is 26.5. The number of anilines is 2. The van der Waals surface area contributed by atoms with Gasteiger partial charge >= 0.3 is 0 Å². The average Bonchev–Trinajstić information content (AvgIpc) is 3.59. The Morgan fingerprint density at radius 3 is 2.87 bits per heavy atom. The fourth-order valence-electron chi connectivity index (χ4n) is 4.47. The molecule has 11 heteroatoms. The molecule has 1 saturated heterocycles. The summed E-state index contributed by atoms with van der Waals surface area (Å²) in [5.74, 6) is 1.96. The third-order valence-corrected chi connectivity index (χ3v) is 7.19. The Morgan fingerprint density at radius 1 is 1.18 bits per heavy atom. The standard InChI is InChI=1S/C27H29ClN6O3S/c1-33(2)12-25(35)34-10-4-5-20(34)14-37-24-7-3-6-22-26(24)27(30-16-29-22)32-18-8-9-23(21(28)11-18)36-13-19-15-38-17-31-19/h3,6-9,11,15-17,20H,4-5,10,12-14H2,1-2H3,(H,29,30,32)/t20-/m0/s1. The lowest BCUT2D eigenvalue weighted by Crippen LogP contribution is -2.43. The number of likely N-dealkylation sites (N-methyl/N-ethyl adjacent to an activating group) is 1. The van der Waals surface area contributed by atoms with Crippen molar-refractivity contribution in [2.24, 2.45) is 0 Å². The number of aromatic nitrogens is 3. The molecule has 5 rings (SSSR count). The predicted molar refractivity (Wildman–Crippen MR) is 150 cm³/mol. The first kappa shape index (κ1) is 26.1. The molecule has 1 atom stereocenters. The van der Waals surface area contributed by atoms with Crippen LogP contribution in [-0.2, 0) is 11.4 Å². The number of carbonyl (C=O) groups excluding carboxylic acids is 1. The Kier molecular flexibility index (Phi) is 8.21. The van der Waals surface area contributed by atoms with Gasteiger partial charge in [-0.2, -0.15) is 0 Å². The molecule has 2 aromatic heterocycles. The summed E-state index contributed by atoms with van der Waals surface area (Å²) in [6, 6.07) is 11.3. The molecule has 3 heterocycles. The maximum atomic E-state index is 12.7. The summed E-state index contributed by atoms with van der Waals surface area (Å²) in [4.78, 5) is 29.6. The molecule has 0 spiro atoms. The van der Waals surface area contributed by atoms with Crippen molar-refractivity contribution in [2.75, 3.05) is 39.1 Å². The van der Waals surface area contributed by atoms with Crippen LogP contribution in [0, 0.1) is 0 Å². The maximum Gasteiger partial charge on any atom is 0.237 e. The van der Waals surface area contributed by atoms with E-state index in [1.165, 1.54) is 17.7 Å². The summed E-state index contributed by atoms with van der Waals surface area (Å²) < 4.78 is 12.1. The summed E-state index contributed by atoms with van der Waals surface area (Å²) in [6.45, 7) is 1.91. The summed E-state index contributed by atoms with van der Waals surface area (Å²) in [6.07, 6.45) is 3.41. The van der Waals surface area contributed by atoms with Crippen LogP contribution >= 0.6 is 22.9 Å². The fourth-order valence-corrected chi connectivity index (χ4v) is 5.25. The molecule has 1 aliphatic rings. The highest BCUT2D eigenvalue weighted by Gasteiger charge is 2.29. The van der Waals surface area contributed by atoms with E-state index in [0.717, 1.165) is 41.7 Å². The van der Waals surface area contributed by atoms with Crippen LogP contribution in [0.3, 0.4) is 0 Å². The van der Waals surface area contributed by atoms with Crippen molar-refractivity contribution in [1.29, 1.82) is 0 Å². The highest BCUT2D eigenvalue weighted by atomic mass is 35.5. The third kappa shape index (κ3) is 6.15. The van der Waals surface area contributed by atoms with Crippen LogP contribution in [-0.4, -0.2) is 70.5 Å². The lowest BCUT2D eigenvalue weighted by molar-refractivity contribution is -0.133. The zero-order valence-electron chi connectivity index (χ0n) is 21.3. The number of rotatable bonds is 10. The van der Waals surface area contributed by atoms with Gasteiger partial charge in [-0.3, -0.25) is 4.79 Å². The van der Waals surface area contributed by atoms with Crippen molar-refractivity contribution in [3.05, 3.63) is 64.3 Å². The van der Waals surface area contributed by atoms with Gasteiger partial charge in [0.05, 0.1) is 39.7 Å². The number of thiazole rings is 1. The van der Waals surface area contributed by atoms with E-state index in [9.17, 15) is 4.79 Å². The quantitative estimate of drug-likeness (QED) is 0.294. The topological polar surface area (TPSA) is 92.7 Å². The Bertz CT molecular complexity index is 1400. The van der Waals surface area contributed by atoms with Crippen LogP contribution < -0.4 is 14.8 Å². The van der Waals surface area contributed by atoms with Gasteiger partial charge in [0.25, 0.3) is 0 Å². The molecule has 1 aliphatic heterocycles. The molecular formula is C27H29ClN6O3S. The molecule has 4 aromatic rings. The minimum absolute atomic E-state index is 0.0365. The van der Waals surface area contributed by atoms with Crippen molar-refractivity contribution in [2.45, 2.75) is 25.5 Å². The predicted octanol–water partition coefficient (Wildman–Crippen LogP) is 4.99. The SMILES string of the molecule is CN(C)CC(=O)N1CCC[C@H]1COc1cccc2ncnc(Nc3ccc(OCc4cscn4)c(Cl)c3)c12. The Labute approximate surface area is 230 Å². The first-order chi connectivity index (χ1) is 18.5. The van der Waals surface area contributed by atoms with Gasteiger partial charge in [0.2, 0.25) is 5.91 Å². The first-order valence-electron chi connectivity index (χ1n) is 12.3. The number of ether oxygens (including phenoxy) is 2. The second-order valence-electron chi connectivity index (χ2n) is 9.34. The van der Waals surface area contributed by atoms with Crippen LogP contribution in [0.4, 0.5) is 11.5 Å². The van der Waals surface area contributed by atoms with E-state index in [-0.39, 0.29) is 11.9 Å². The highest BCUT2D eigenvalue weighted by molar-refractivity contribution is 7.07. The van der Waals surface area contributed by atoms with Crippen LogP contribution in [0.2, 0.25) is 5.02 Å². The van der Waals surface area contributed by atoms with Gasteiger partial charge in [-0.1, -0.05) is 17.7 Å². The van der Waals surface area contributed by atoms with Gasteiger partial charge in [-0.05, 0) is 57.3 Å². The molecule has 1 N–H and O–H groups in total. The molecule has 198 valence electrons. The molecule has 2 aromatic carbocycles. The zero-order valence-corrected chi connectivity index (χ0v) is 22.8. The summed E-state index contributed by atoms with van der Waals surface area (Å²) in [5.41, 5.74) is 4.13. The van der Waals surface area contributed by atoms with Crippen molar-refractivity contribution in [3.8, 4) is 11.5 Å². The normalized spacial score (nSPS) is 15.3. The van der Waals surface area contributed by atoms with E-state index < -0.39 is 0 Å². The van der Waals surface area contributed by atoms with Crippen LogP contribution in [0.15, 0.2) is 53.6 Å². The Balaban J connectivity index is 1.32. The first-order valence-corrected chi connectivity index (χ1v) is 13.7. The van der Waals surface area contributed by atoms with Crippen molar-refractivity contribution in [1.82, 2.24) is 24.8 Å². The number of hydrogen-bond donors (Lipinski definition) is 1. The molecule has 1 amide bonds. The van der Waals surface area contributed by atoms with Gasteiger partial charge < -0.3 is 24.6 Å². The van der Waals surface area contributed by atoms with Gasteiger partial charge in [-0.25, -0.2) is 15.0 Å². The summed E-state index contributed by atoms with van der Waals surface area (Å²) in [7, 11) is 3.81. The molecule has 0 bridgehead atoms.